The maximum absolute atomic E-state index is 12.4. The molecule has 0 spiro atoms. The number of alkyl carbamates (subject to hydrolysis) is 1. The van der Waals surface area contributed by atoms with E-state index in [1.54, 1.807) is 45.0 Å². The quantitative estimate of drug-likeness (QED) is 0.390. The van der Waals surface area contributed by atoms with Gasteiger partial charge in [-0.15, -0.1) is 0 Å². The Labute approximate surface area is 158 Å². The van der Waals surface area contributed by atoms with Crippen molar-refractivity contribution in [3.05, 3.63) is 46.3 Å². The molecule has 2 N–H and O–H groups in total. The molecule has 0 unspecified atom stereocenters. The van der Waals surface area contributed by atoms with Crippen molar-refractivity contribution in [3.63, 3.8) is 0 Å². The second-order valence-corrected chi connectivity index (χ2v) is 8.37. The average molecular weight is 397 g/mol. The summed E-state index contributed by atoms with van der Waals surface area (Å²) in [6.07, 6.45) is -0.574. The predicted octanol–water partition coefficient (Wildman–Crippen LogP) is 1.88. The van der Waals surface area contributed by atoms with Crippen molar-refractivity contribution in [2.24, 2.45) is 4.52 Å². The molecule has 0 fully saturated rings. The number of nitrogens with zero attached hydrogens (tertiary/aromatic N) is 3. The van der Waals surface area contributed by atoms with E-state index >= 15 is 0 Å². The zero-order valence-electron chi connectivity index (χ0n) is 15.4. The first-order chi connectivity index (χ1) is 12.5. The van der Waals surface area contributed by atoms with E-state index in [9.17, 15) is 18.0 Å². The summed E-state index contributed by atoms with van der Waals surface area (Å²) in [5, 5.41) is 4.90. The molecule has 0 bridgehead atoms. The van der Waals surface area contributed by atoms with Crippen molar-refractivity contribution in [1.82, 2.24) is 10.6 Å². The molecule has 1 atom stereocenters. The number of ether oxygens (including phenoxy) is 1. The summed E-state index contributed by atoms with van der Waals surface area (Å²) in [6.45, 7) is 4.82. The Balaban J connectivity index is 2.78. The maximum Gasteiger partial charge on any atom is 0.408 e. The monoisotopic (exact) mass is 397 g/mol. The molecule has 0 aliphatic carbocycles. The Morgan fingerprint density at radius 2 is 1.89 bits per heavy atom. The summed E-state index contributed by atoms with van der Waals surface area (Å²) in [7, 11) is -3.98. The van der Waals surface area contributed by atoms with Crippen LogP contribution >= 0.6 is 0 Å². The highest BCUT2D eigenvalue weighted by Crippen LogP contribution is 2.08. The Bertz CT molecular complexity index is 798. The summed E-state index contributed by atoms with van der Waals surface area (Å²) in [5.74, 6) is -1.13. The molecule has 0 aliphatic rings. The Morgan fingerprint density at radius 1 is 1.26 bits per heavy atom. The summed E-state index contributed by atoms with van der Waals surface area (Å²) < 4.78 is 30.5. The van der Waals surface area contributed by atoms with E-state index in [-0.39, 0.29) is 13.0 Å². The van der Waals surface area contributed by atoms with Crippen LogP contribution in [0.5, 0.6) is 0 Å². The van der Waals surface area contributed by atoms with Crippen LogP contribution < -0.4 is 10.6 Å². The minimum atomic E-state index is -3.98. The average Bonchev–Trinajstić information content (AvgIpc) is 2.53. The molecule has 10 nitrogen and oxygen atoms in total. The lowest BCUT2D eigenvalue weighted by molar-refractivity contribution is -0.123. The molecule has 11 heteroatoms. The van der Waals surface area contributed by atoms with Crippen LogP contribution in [-0.4, -0.2) is 44.4 Å². The maximum atomic E-state index is 12.4. The SMILES string of the molecule is CC(C)(C)OC(=O)N[C@@H](Cc1ccccc1)C(=O)NCCS(=O)(=O)N=[N+]=[N-]. The van der Waals surface area contributed by atoms with E-state index < -0.39 is 39.4 Å². The van der Waals surface area contributed by atoms with Crippen LogP contribution in [0.15, 0.2) is 34.9 Å². The number of amides is 2. The largest absolute Gasteiger partial charge is 0.444 e. The Morgan fingerprint density at radius 3 is 2.44 bits per heavy atom. The summed E-state index contributed by atoms with van der Waals surface area (Å²) in [5.41, 5.74) is 8.25. The Hall–Kier alpha value is -2.78. The van der Waals surface area contributed by atoms with Crippen molar-refractivity contribution < 1.29 is 22.7 Å². The number of sulfonamides is 1. The first-order valence-electron chi connectivity index (χ1n) is 8.12. The topological polar surface area (TPSA) is 150 Å². The van der Waals surface area contributed by atoms with Crippen LogP contribution in [0.2, 0.25) is 0 Å². The van der Waals surface area contributed by atoms with Gasteiger partial charge >= 0.3 is 6.09 Å². The number of carbonyl (C=O) groups is 2. The minimum Gasteiger partial charge on any atom is -0.444 e. The van der Waals surface area contributed by atoms with Gasteiger partial charge in [-0.1, -0.05) is 30.3 Å². The van der Waals surface area contributed by atoms with E-state index in [1.165, 1.54) is 0 Å². The zero-order chi connectivity index (χ0) is 20.5. The fourth-order valence-corrected chi connectivity index (χ4v) is 2.58. The third-order valence-corrected chi connectivity index (χ3v) is 4.15. The van der Waals surface area contributed by atoms with Crippen molar-refractivity contribution in [2.75, 3.05) is 12.3 Å². The molecule has 0 saturated carbocycles. The minimum absolute atomic E-state index is 0.189. The number of nitrogens with one attached hydrogen (secondary N) is 2. The van der Waals surface area contributed by atoms with Gasteiger partial charge in [0.05, 0.1) is 5.75 Å². The highest BCUT2D eigenvalue weighted by atomic mass is 32.2. The highest BCUT2D eigenvalue weighted by molar-refractivity contribution is 7.90. The van der Waals surface area contributed by atoms with Gasteiger partial charge in [-0.05, 0) is 31.9 Å². The first-order valence-corrected chi connectivity index (χ1v) is 9.73. The molecule has 1 rings (SSSR count). The van der Waals surface area contributed by atoms with Gasteiger partial charge in [-0.25, -0.2) is 13.2 Å². The normalized spacial score (nSPS) is 12.4. The number of hydrogen-bond acceptors (Lipinski definition) is 5. The Kier molecular flexibility index (Phi) is 8.07. The second kappa shape index (κ2) is 9.79. The van der Waals surface area contributed by atoms with E-state index in [4.69, 9.17) is 10.3 Å². The van der Waals surface area contributed by atoms with Crippen molar-refractivity contribution in [3.8, 4) is 0 Å². The number of carbonyl (C=O) groups excluding carboxylic acids is 2. The number of rotatable bonds is 8. The lowest BCUT2D eigenvalue weighted by Crippen LogP contribution is -2.50. The van der Waals surface area contributed by atoms with Gasteiger partial charge in [0, 0.05) is 22.4 Å². The standard InChI is InChI=1S/C16H23N5O5S/c1-16(2,3)26-15(23)19-13(11-12-7-5-4-6-8-12)14(22)18-9-10-27(24,25)21-20-17/h4-8,13H,9-11H2,1-3H3,(H,18,22)(H,19,23)/t13-/m0/s1. The van der Waals surface area contributed by atoms with Gasteiger partial charge < -0.3 is 15.4 Å². The third-order valence-electron chi connectivity index (χ3n) is 3.11. The van der Waals surface area contributed by atoms with E-state index in [0.29, 0.717) is 0 Å². The van der Waals surface area contributed by atoms with Crippen molar-refractivity contribution in [2.45, 2.75) is 38.8 Å². The zero-order valence-corrected chi connectivity index (χ0v) is 16.2. The lowest BCUT2D eigenvalue weighted by atomic mass is 10.1. The van der Waals surface area contributed by atoms with Crippen LogP contribution in [0.1, 0.15) is 26.3 Å². The molecule has 0 aromatic heterocycles. The van der Waals surface area contributed by atoms with Crippen LogP contribution in [-0.2, 0) is 26.0 Å². The van der Waals surface area contributed by atoms with Gasteiger partial charge in [0.15, 0.2) is 0 Å². The molecule has 0 radical (unpaired) electrons. The van der Waals surface area contributed by atoms with Gasteiger partial charge in [-0.2, -0.15) is 0 Å². The lowest BCUT2D eigenvalue weighted by Gasteiger charge is -2.23. The summed E-state index contributed by atoms with van der Waals surface area (Å²) in [4.78, 5) is 26.7. The highest BCUT2D eigenvalue weighted by Gasteiger charge is 2.24. The van der Waals surface area contributed by atoms with Gasteiger partial charge in [0.2, 0.25) is 15.9 Å². The van der Waals surface area contributed by atoms with Gasteiger partial charge in [0.25, 0.3) is 0 Å². The summed E-state index contributed by atoms with van der Waals surface area (Å²) >= 11 is 0. The predicted molar refractivity (Wildman–Crippen MR) is 99.2 cm³/mol. The first kappa shape index (κ1) is 22.3. The third kappa shape index (κ3) is 9.47. The molecule has 0 saturated heterocycles. The molecule has 148 valence electrons. The number of azide groups is 1. The summed E-state index contributed by atoms with van der Waals surface area (Å²) in [6, 6.07) is 8.03. The number of benzene rings is 1. The van der Waals surface area contributed by atoms with Crippen LogP contribution in [0.4, 0.5) is 4.79 Å². The molecule has 2 amide bonds. The van der Waals surface area contributed by atoms with Crippen LogP contribution in [0, 0.1) is 0 Å². The van der Waals surface area contributed by atoms with Crippen LogP contribution in [0.25, 0.3) is 10.4 Å². The fourth-order valence-electron chi connectivity index (χ4n) is 2.03. The van der Waals surface area contributed by atoms with Crippen LogP contribution in [0.3, 0.4) is 0 Å². The molecule has 0 heterocycles. The molecule has 0 aliphatic heterocycles. The van der Waals surface area contributed by atoms with E-state index in [0.717, 1.165) is 5.56 Å². The molecular weight excluding hydrogens is 374 g/mol. The van der Waals surface area contributed by atoms with Gasteiger partial charge in [-0.3, -0.25) is 4.79 Å². The molecule has 27 heavy (non-hydrogen) atoms. The van der Waals surface area contributed by atoms with Crippen molar-refractivity contribution in [1.29, 1.82) is 0 Å². The molecular formula is C16H23N5O5S. The fraction of sp³-hybridized carbons (Fsp3) is 0.500. The van der Waals surface area contributed by atoms with Gasteiger partial charge in [0.1, 0.15) is 11.6 Å². The smallest absolute Gasteiger partial charge is 0.408 e. The van der Waals surface area contributed by atoms with E-state index in [2.05, 4.69) is 20.1 Å². The van der Waals surface area contributed by atoms with E-state index in [1.807, 2.05) is 6.07 Å². The molecule has 1 aromatic rings. The molecule has 1 aromatic carbocycles. The second-order valence-electron chi connectivity index (χ2n) is 6.64. The van der Waals surface area contributed by atoms with Crippen molar-refractivity contribution >= 4 is 22.0 Å². The number of hydrogen-bond donors (Lipinski definition) is 2.